The van der Waals surface area contributed by atoms with Crippen LogP contribution < -0.4 is 5.73 Å². The first-order valence-electron chi connectivity index (χ1n) is 5.89. The molecule has 17 heavy (non-hydrogen) atoms. The third kappa shape index (κ3) is 2.86. The van der Waals surface area contributed by atoms with Crippen LogP contribution in [0.2, 0.25) is 0 Å². The van der Waals surface area contributed by atoms with E-state index in [0.717, 1.165) is 23.5 Å². The van der Waals surface area contributed by atoms with E-state index in [1.165, 1.54) is 0 Å². The van der Waals surface area contributed by atoms with Crippen LogP contribution in [0.4, 0.5) is 0 Å². The van der Waals surface area contributed by atoms with Gasteiger partial charge in [-0.3, -0.25) is 0 Å². The Labute approximate surface area is 106 Å². The second-order valence-electron chi connectivity index (χ2n) is 4.64. The van der Waals surface area contributed by atoms with Gasteiger partial charge < -0.3 is 5.73 Å². The molecule has 0 bridgehead atoms. The van der Waals surface area contributed by atoms with E-state index in [2.05, 4.69) is 4.98 Å². The van der Waals surface area contributed by atoms with Crippen molar-refractivity contribution in [1.82, 2.24) is 4.98 Å². The SMILES string of the molecule is CC(CN)c1csc(CC2CCCS2(=O)=O)n1. The summed E-state index contributed by atoms with van der Waals surface area (Å²) in [7, 11) is -2.86. The molecule has 2 N–H and O–H groups in total. The number of nitrogens with two attached hydrogens (primary N) is 1. The van der Waals surface area contributed by atoms with Crippen molar-refractivity contribution in [2.75, 3.05) is 12.3 Å². The van der Waals surface area contributed by atoms with Crippen molar-refractivity contribution in [3.05, 3.63) is 16.1 Å². The predicted octanol–water partition coefficient (Wildman–Crippen LogP) is 1.33. The zero-order chi connectivity index (χ0) is 12.5. The average Bonchev–Trinajstić information content (AvgIpc) is 2.86. The van der Waals surface area contributed by atoms with E-state index in [-0.39, 0.29) is 11.2 Å². The largest absolute Gasteiger partial charge is 0.330 e. The minimum Gasteiger partial charge on any atom is -0.330 e. The van der Waals surface area contributed by atoms with E-state index >= 15 is 0 Å². The van der Waals surface area contributed by atoms with Gasteiger partial charge in [0.25, 0.3) is 0 Å². The van der Waals surface area contributed by atoms with Crippen molar-refractivity contribution in [2.24, 2.45) is 5.73 Å². The molecular formula is C11H18N2O2S2. The Hall–Kier alpha value is -0.460. The molecule has 1 aliphatic rings. The molecule has 0 amide bonds. The number of thiazole rings is 1. The lowest BCUT2D eigenvalue weighted by Gasteiger charge is -2.06. The van der Waals surface area contributed by atoms with Crippen molar-refractivity contribution >= 4 is 21.2 Å². The lowest BCUT2D eigenvalue weighted by atomic mass is 10.1. The van der Waals surface area contributed by atoms with Gasteiger partial charge in [0.2, 0.25) is 0 Å². The summed E-state index contributed by atoms with van der Waals surface area (Å²) < 4.78 is 23.4. The van der Waals surface area contributed by atoms with Crippen LogP contribution in [0.5, 0.6) is 0 Å². The van der Waals surface area contributed by atoms with Gasteiger partial charge in [0, 0.05) is 24.3 Å². The number of rotatable bonds is 4. The normalized spacial score (nSPS) is 24.9. The molecule has 96 valence electrons. The number of hydrogen-bond donors (Lipinski definition) is 1. The maximum absolute atomic E-state index is 11.7. The van der Waals surface area contributed by atoms with Crippen LogP contribution in [0.3, 0.4) is 0 Å². The molecule has 4 nitrogen and oxygen atoms in total. The van der Waals surface area contributed by atoms with Crippen molar-refractivity contribution in [3.8, 4) is 0 Å². The summed E-state index contributed by atoms with van der Waals surface area (Å²) in [6, 6.07) is 0. The fourth-order valence-electron chi connectivity index (χ4n) is 2.05. The first-order chi connectivity index (χ1) is 8.03. The molecule has 0 spiro atoms. The van der Waals surface area contributed by atoms with Gasteiger partial charge in [0.05, 0.1) is 21.7 Å². The Morgan fingerprint density at radius 2 is 2.41 bits per heavy atom. The van der Waals surface area contributed by atoms with Crippen molar-refractivity contribution < 1.29 is 8.42 Å². The van der Waals surface area contributed by atoms with Crippen molar-refractivity contribution in [1.29, 1.82) is 0 Å². The zero-order valence-electron chi connectivity index (χ0n) is 9.93. The summed E-state index contributed by atoms with van der Waals surface area (Å²) in [5, 5.41) is 2.71. The van der Waals surface area contributed by atoms with Crippen LogP contribution in [0, 0.1) is 0 Å². The van der Waals surface area contributed by atoms with Gasteiger partial charge in [0.15, 0.2) is 9.84 Å². The first-order valence-corrected chi connectivity index (χ1v) is 8.48. The lowest BCUT2D eigenvalue weighted by molar-refractivity contribution is 0.588. The maximum Gasteiger partial charge on any atom is 0.153 e. The summed E-state index contributed by atoms with van der Waals surface area (Å²) in [5.74, 6) is 0.593. The molecule has 0 saturated carbocycles. The zero-order valence-corrected chi connectivity index (χ0v) is 11.6. The van der Waals surface area contributed by atoms with Crippen LogP contribution in [0.15, 0.2) is 5.38 Å². The van der Waals surface area contributed by atoms with Gasteiger partial charge in [-0.2, -0.15) is 0 Å². The Bertz CT molecular complexity index is 481. The highest BCUT2D eigenvalue weighted by Crippen LogP contribution is 2.26. The summed E-state index contributed by atoms with van der Waals surface area (Å²) >= 11 is 1.55. The molecule has 0 aliphatic carbocycles. The third-order valence-corrected chi connectivity index (χ3v) is 6.46. The van der Waals surface area contributed by atoms with E-state index in [9.17, 15) is 8.42 Å². The fraction of sp³-hybridized carbons (Fsp3) is 0.727. The van der Waals surface area contributed by atoms with Gasteiger partial charge in [-0.1, -0.05) is 6.92 Å². The molecule has 1 aromatic heterocycles. The Morgan fingerprint density at radius 1 is 1.65 bits per heavy atom. The summed E-state index contributed by atoms with van der Waals surface area (Å²) in [4.78, 5) is 4.48. The summed E-state index contributed by atoms with van der Waals surface area (Å²) in [5.41, 5.74) is 6.58. The van der Waals surface area contributed by atoms with E-state index in [1.54, 1.807) is 11.3 Å². The highest BCUT2D eigenvalue weighted by atomic mass is 32.2. The molecule has 2 rings (SSSR count). The second-order valence-corrected chi connectivity index (χ2v) is 7.98. The highest BCUT2D eigenvalue weighted by molar-refractivity contribution is 7.92. The Kier molecular flexibility index (Phi) is 3.85. The molecule has 6 heteroatoms. The molecule has 0 radical (unpaired) electrons. The quantitative estimate of drug-likeness (QED) is 0.899. The second kappa shape index (κ2) is 5.04. The number of hydrogen-bond acceptors (Lipinski definition) is 5. The van der Waals surface area contributed by atoms with Gasteiger partial charge in [0.1, 0.15) is 0 Å². The molecule has 2 heterocycles. The maximum atomic E-state index is 11.7. The first kappa shape index (κ1) is 13.0. The van der Waals surface area contributed by atoms with Crippen molar-refractivity contribution in [3.63, 3.8) is 0 Å². The average molecular weight is 274 g/mol. The number of aromatic nitrogens is 1. The molecule has 2 atom stereocenters. The van der Waals surface area contributed by atoms with E-state index in [1.807, 2.05) is 12.3 Å². The number of nitrogens with zero attached hydrogens (tertiary/aromatic N) is 1. The fourth-order valence-corrected chi connectivity index (χ4v) is 4.99. The predicted molar refractivity (Wildman–Crippen MR) is 70.1 cm³/mol. The lowest BCUT2D eigenvalue weighted by Crippen LogP contribution is -2.18. The molecule has 1 aromatic rings. The Balaban J connectivity index is 2.07. The molecule has 1 saturated heterocycles. The smallest absolute Gasteiger partial charge is 0.153 e. The monoisotopic (exact) mass is 274 g/mol. The van der Waals surface area contributed by atoms with Crippen LogP contribution >= 0.6 is 11.3 Å². The molecule has 0 aromatic carbocycles. The van der Waals surface area contributed by atoms with Crippen LogP contribution in [-0.4, -0.2) is 30.9 Å². The van der Waals surface area contributed by atoms with Gasteiger partial charge in [-0.15, -0.1) is 11.3 Å². The van der Waals surface area contributed by atoms with Gasteiger partial charge >= 0.3 is 0 Å². The standard InChI is InChI=1S/C11H18N2O2S2/c1-8(6-12)10-7-16-11(13-10)5-9-3-2-4-17(9,14)15/h7-9H,2-6,12H2,1H3. The van der Waals surface area contributed by atoms with Crippen LogP contribution in [-0.2, 0) is 16.3 Å². The molecule has 1 aliphatic heterocycles. The number of sulfone groups is 1. The van der Waals surface area contributed by atoms with E-state index < -0.39 is 9.84 Å². The van der Waals surface area contributed by atoms with Crippen molar-refractivity contribution in [2.45, 2.75) is 37.4 Å². The molecular weight excluding hydrogens is 256 g/mol. The van der Waals surface area contributed by atoms with E-state index in [0.29, 0.717) is 18.7 Å². The van der Waals surface area contributed by atoms with Crippen LogP contribution in [0.25, 0.3) is 0 Å². The molecule has 2 unspecified atom stereocenters. The van der Waals surface area contributed by atoms with E-state index in [4.69, 9.17) is 5.73 Å². The summed E-state index contributed by atoms with van der Waals surface area (Å²) in [6.07, 6.45) is 2.15. The minimum atomic E-state index is -2.86. The Morgan fingerprint density at radius 3 is 3.00 bits per heavy atom. The highest BCUT2D eigenvalue weighted by Gasteiger charge is 2.32. The summed E-state index contributed by atoms with van der Waals surface area (Å²) in [6.45, 7) is 2.61. The topological polar surface area (TPSA) is 73.1 Å². The third-order valence-electron chi connectivity index (χ3n) is 3.29. The van der Waals surface area contributed by atoms with Crippen LogP contribution in [0.1, 0.15) is 36.4 Å². The van der Waals surface area contributed by atoms with Gasteiger partial charge in [-0.25, -0.2) is 13.4 Å². The van der Waals surface area contributed by atoms with Gasteiger partial charge in [-0.05, 0) is 12.8 Å². The minimum absolute atomic E-state index is 0.213. The molecule has 1 fully saturated rings.